The van der Waals surface area contributed by atoms with Gasteiger partial charge in [0, 0.05) is 17.1 Å². The Labute approximate surface area is 121 Å². The molecule has 0 bridgehead atoms. The topological polar surface area (TPSA) is 118 Å². The Kier molecular flexibility index (Phi) is 11.6. The summed E-state index contributed by atoms with van der Waals surface area (Å²) >= 11 is -11.5. The summed E-state index contributed by atoms with van der Waals surface area (Å²) in [6.45, 7) is 0. The Morgan fingerprint density at radius 1 is 1.00 bits per heavy atom. The number of hydrogen-bond donors (Lipinski definition) is 2. The molecular formula is H3Cr2FeKO7. The molecule has 66 valence electrons. The zero-order chi connectivity index (χ0) is 7.71. The first-order chi connectivity index (χ1) is 3.71. The van der Waals surface area contributed by atoms with Crippen molar-refractivity contribution in [2.24, 2.45) is 0 Å². The van der Waals surface area contributed by atoms with Gasteiger partial charge in [0.05, 0.1) is 0 Å². The normalized spacial score (nSPS) is 11.1. The average molecular weight is 314 g/mol. The van der Waals surface area contributed by atoms with Crippen LogP contribution in [0.3, 0.4) is 0 Å². The van der Waals surface area contributed by atoms with Gasteiger partial charge in [-0.05, 0) is 0 Å². The zero-order valence-electron chi connectivity index (χ0n) is 6.11. The Balaban J connectivity index is -0.000000107. The van der Waals surface area contributed by atoms with Crippen molar-refractivity contribution in [3.63, 3.8) is 0 Å². The van der Waals surface area contributed by atoms with Crippen molar-refractivity contribution in [3.05, 3.63) is 0 Å². The van der Waals surface area contributed by atoms with E-state index in [0.29, 0.717) is 0 Å². The van der Waals surface area contributed by atoms with Crippen LogP contribution >= 0.6 is 0 Å². The van der Waals surface area contributed by atoms with E-state index in [1.807, 2.05) is 0 Å². The van der Waals surface area contributed by atoms with Gasteiger partial charge >= 0.3 is 105 Å². The van der Waals surface area contributed by atoms with Gasteiger partial charge < -0.3 is 1.43 Å². The van der Waals surface area contributed by atoms with E-state index in [-0.39, 0.29) is 69.9 Å². The molecule has 7 nitrogen and oxygen atoms in total. The van der Waals surface area contributed by atoms with Gasteiger partial charge in [-0.1, -0.05) is 0 Å². The molecule has 0 aromatic rings. The minimum absolute atomic E-state index is 0. The Morgan fingerprint density at radius 2 is 1.18 bits per heavy atom. The first-order valence-corrected chi connectivity index (χ1v) is 5.63. The predicted octanol–water partition coefficient (Wildman–Crippen LogP) is -4.55. The maximum absolute atomic E-state index is 9.53. The molecule has 0 aliphatic carbocycles. The van der Waals surface area contributed by atoms with Gasteiger partial charge in [-0.15, -0.1) is 0 Å². The third-order valence-electron chi connectivity index (χ3n) is 0.172. The molecule has 11 heteroatoms. The third kappa shape index (κ3) is 18.9. The molecule has 0 radical (unpaired) electrons. The van der Waals surface area contributed by atoms with Crippen molar-refractivity contribution in [2.45, 2.75) is 0 Å². The molecule has 0 aliphatic heterocycles. The monoisotopic (exact) mass is 314 g/mol. The molecule has 2 N–H and O–H groups in total. The molecule has 0 fully saturated rings. The van der Waals surface area contributed by atoms with E-state index in [1.54, 1.807) is 0 Å². The van der Waals surface area contributed by atoms with Gasteiger partial charge in [0.2, 0.25) is 0 Å². The molecular weight excluding hydrogens is 311 g/mol. The summed E-state index contributed by atoms with van der Waals surface area (Å²) in [5.74, 6) is 0. The number of rotatable bonds is 2. The standard InChI is InChI=1S/2Cr.Fe.K.2H2O.5O.H/h;;;;2*1H2;;;;;;/q2*+1;;+1;;;;;;;;-1/p-2. The van der Waals surface area contributed by atoms with Crippen LogP contribution in [0.25, 0.3) is 0 Å². The summed E-state index contributed by atoms with van der Waals surface area (Å²) in [6.07, 6.45) is 0. The van der Waals surface area contributed by atoms with Crippen molar-refractivity contribution in [1.29, 1.82) is 0 Å². The SMILES string of the molecule is [Fe].[H-].[K+].[O]=[Cr](=[O])([OH])[O][Cr](=[O])(=[O])[OH]. The summed E-state index contributed by atoms with van der Waals surface area (Å²) in [6, 6.07) is 0. The van der Waals surface area contributed by atoms with Crippen LogP contribution in [0.1, 0.15) is 1.43 Å². The van der Waals surface area contributed by atoms with E-state index in [0.717, 1.165) is 0 Å². The van der Waals surface area contributed by atoms with E-state index < -0.39 is 27.2 Å². The van der Waals surface area contributed by atoms with Crippen molar-refractivity contribution in [2.75, 3.05) is 0 Å². The Bertz CT molecular complexity index is 247. The molecule has 0 aromatic heterocycles. The van der Waals surface area contributed by atoms with Crippen LogP contribution in [-0.4, -0.2) is 8.32 Å². The molecule has 0 heterocycles. The van der Waals surface area contributed by atoms with Gasteiger partial charge in [-0.2, -0.15) is 0 Å². The Hall–Kier alpha value is 2.30. The van der Waals surface area contributed by atoms with Crippen LogP contribution in [0, 0.1) is 0 Å². The molecule has 0 rings (SSSR count). The fraction of sp³-hybridized carbons (Fsp3) is 0. The number of hydrogen-bond acceptors (Lipinski definition) is 5. The molecule has 0 spiro atoms. The minimum atomic E-state index is -5.76. The van der Waals surface area contributed by atoms with Crippen molar-refractivity contribution < 1.29 is 123 Å². The summed E-state index contributed by atoms with van der Waals surface area (Å²) in [4.78, 5) is 0. The van der Waals surface area contributed by atoms with E-state index >= 15 is 0 Å². The molecule has 0 unspecified atom stereocenters. The zero-order valence-corrected chi connectivity index (χ0v) is 11.9. The van der Waals surface area contributed by atoms with Crippen LogP contribution in [0.5, 0.6) is 0 Å². The Morgan fingerprint density at radius 3 is 1.18 bits per heavy atom. The van der Waals surface area contributed by atoms with Crippen LogP contribution in [-0.2, 0) is 62.3 Å². The van der Waals surface area contributed by atoms with Crippen LogP contribution < -0.4 is 51.4 Å². The fourth-order valence-corrected chi connectivity index (χ4v) is 1.85. The maximum atomic E-state index is 9.53. The van der Waals surface area contributed by atoms with Crippen molar-refractivity contribution in [3.8, 4) is 0 Å². The molecule has 0 aromatic carbocycles. The van der Waals surface area contributed by atoms with Gasteiger partial charge in [-0.25, -0.2) is 0 Å². The third-order valence-corrected chi connectivity index (χ3v) is 2.92. The summed E-state index contributed by atoms with van der Waals surface area (Å²) in [5.41, 5.74) is 0. The van der Waals surface area contributed by atoms with Gasteiger partial charge in [0.15, 0.2) is 0 Å². The quantitative estimate of drug-likeness (QED) is 0.493. The summed E-state index contributed by atoms with van der Waals surface area (Å²) in [7, 11) is 0. The van der Waals surface area contributed by atoms with Gasteiger partial charge in [0.25, 0.3) is 0 Å². The average Bonchev–Trinajstić information content (AvgIpc) is 1.14. The first kappa shape index (κ1) is 19.0. The second-order valence-electron chi connectivity index (χ2n) is 0.924. The second-order valence-corrected chi connectivity index (χ2v) is 4.68. The van der Waals surface area contributed by atoms with Gasteiger partial charge in [0.1, 0.15) is 0 Å². The van der Waals surface area contributed by atoms with Gasteiger partial charge in [-0.3, -0.25) is 0 Å². The van der Waals surface area contributed by atoms with Crippen LogP contribution in [0.15, 0.2) is 0 Å². The second kappa shape index (κ2) is 6.71. The van der Waals surface area contributed by atoms with E-state index in [4.69, 9.17) is 8.32 Å². The summed E-state index contributed by atoms with van der Waals surface area (Å²) in [5, 5.41) is 0. The van der Waals surface area contributed by atoms with E-state index in [9.17, 15) is 15.2 Å². The van der Waals surface area contributed by atoms with Crippen LogP contribution in [0.2, 0.25) is 0 Å². The van der Waals surface area contributed by atoms with E-state index in [2.05, 4.69) is 2.84 Å². The van der Waals surface area contributed by atoms with Crippen LogP contribution in [0.4, 0.5) is 0 Å². The molecule has 0 aliphatic rings. The summed E-state index contributed by atoms with van der Waals surface area (Å²) < 4.78 is 56.3. The molecule has 0 atom stereocenters. The molecule has 11 heavy (non-hydrogen) atoms. The van der Waals surface area contributed by atoms with E-state index in [1.165, 1.54) is 0 Å². The first-order valence-electron chi connectivity index (χ1n) is 1.37. The molecule has 0 saturated heterocycles. The molecule has 0 saturated carbocycles. The van der Waals surface area contributed by atoms with Crippen molar-refractivity contribution in [1.82, 2.24) is 0 Å². The molecule has 0 amide bonds. The fourth-order valence-electron chi connectivity index (χ4n) is 0.109. The van der Waals surface area contributed by atoms with Crippen molar-refractivity contribution >= 4 is 0 Å². The predicted molar refractivity (Wildman–Crippen MR) is 9.38 cm³/mol.